The fourth-order valence-corrected chi connectivity index (χ4v) is 5.52. The van der Waals surface area contributed by atoms with Gasteiger partial charge in [-0.3, -0.25) is 14.1 Å². The number of nitrogens with two attached hydrogens (primary N) is 1. The van der Waals surface area contributed by atoms with E-state index in [9.17, 15) is 18.0 Å². The molecule has 2 fully saturated rings. The summed E-state index contributed by atoms with van der Waals surface area (Å²) in [5, 5.41) is 8.51. The van der Waals surface area contributed by atoms with Gasteiger partial charge in [0.15, 0.2) is 0 Å². The van der Waals surface area contributed by atoms with Crippen LogP contribution in [0.25, 0.3) is 0 Å². The summed E-state index contributed by atoms with van der Waals surface area (Å²) < 4.78 is 31.0. The zero-order chi connectivity index (χ0) is 19.8. The number of rotatable bonds is 4. The average Bonchev–Trinajstić information content (AvgIpc) is 2.88. The minimum absolute atomic E-state index is 0.0152. The number of hydrogen-bond acceptors (Lipinski definition) is 5. The standard InChI is InChI=1S/C10H16O4S.C8H9NO2/c1-9(2)7-3-4-10(9,8(11)5-7)6-15(12,13)14;9-7(8(10)11)6-4-2-1-3-5-6/h7H,3-6H2,1-2H3,(H,12,13,14);1-5,7H,9H2,(H,10,11). The SMILES string of the molecule is CC1(C)C2CCC1(CS(=O)(=O)O)C(=O)C2.NC(C(=O)O)c1ccccc1. The van der Waals surface area contributed by atoms with Crippen LogP contribution in [-0.4, -0.2) is 35.6 Å². The van der Waals surface area contributed by atoms with Crippen LogP contribution >= 0.6 is 0 Å². The predicted octanol–water partition coefficient (Wildman–Crippen LogP) is 2.04. The summed E-state index contributed by atoms with van der Waals surface area (Å²) in [6.45, 7) is 3.89. The van der Waals surface area contributed by atoms with Gasteiger partial charge in [-0.25, -0.2) is 0 Å². The van der Waals surface area contributed by atoms with Crippen molar-refractivity contribution >= 4 is 21.9 Å². The number of carboxylic acids is 1. The van der Waals surface area contributed by atoms with Gasteiger partial charge in [0.05, 0.1) is 11.2 Å². The number of hydrogen-bond donors (Lipinski definition) is 3. The van der Waals surface area contributed by atoms with Crippen molar-refractivity contribution < 1.29 is 27.7 Å². The minimum atomic E-state index is -4.08. The van der Waals surface area contributed by atoms with Crippen molar-refractivity contribution in [2.24, 2.45) is 22.5 Å². The second-order valence-corrected chi connectivity index (χ2v) is 9.07. The molecule has 4 N–H and O–H groups in total. The Labute approximate surface area is 153 Å². The van der Waals surface area contributed by atoms with Gasteiger partial charge in [0.2, 0.25) is 0 Å². The Kier molecular flexibility index (Phi) is 5.60. The van der Waals surface area contributed by atoms with Crippen molar-refractivity contribution in [3.8, 4) is 0 Å². The van der Waals surface area contributed by atoms with Gasteiger partial charge in [-0.1, -0.05) is 44.2 Å². The van der Waals surface area contributed by atoms with Gasteiger partial charge in [0.25, 0.3) is 10.1 Å². The Hall–Kier alpha value is -1.77. The molecule has 2 aliphatic rings. The lowest BCUT2D eigenvalue weighted by atomic mass is 9.70. The van der Waals surface area contributed by atoms with E-state index in [0.29, 0.717) is 18.4 Å². The summed E-state index contributed by atoms with van der Waals surface area (Å²) in [6.07, 6.45) is 1.97. The Morgan fingerprint density at radius 2 is 1.88 bits per heavy atom. The lowest BCUT2D eigenvalue weighted by Gasteiger charge is -2.35. The number of carbonyl (C=O) groups excluding carboxylic acids is 1. The molecule has 2 saturated carbocycles. The monoisotopic (exact) mass is 383 g/mol. The third-order valence-corrected chi connectivity index (χ3v) is 6.85. The second-order valence-electron chi connectivity index (χ2n) is 7.62. The van der Waals surface area contributed by atoms with E-state index in [0.717, 1.165) is 6.42 Å². The average molecular weight is 383 g/mol. The van der Waals surface area contributed by atoms with E-state index in [4.69, 9.17) is 15.4 Å². The first-order valence-electron chi connectivity index (χ1n) is 8.42. The van der Waals surface area contributed by atoms with Gasteiger partial charge in [0.1, 0.15) is 11.8 Å². The number of aliphatic carboxylic acids is 1. The highest BCUT2D eigenvalue weighted by atomic mass is 32.2. The summed E-state index contributed by atoms with van der Waals surface area (Å²) in [4.78, 5) is 22.3. The first kappa shape index (κ1) is 20.5. The molecule has 0 radical (unpaired) electrons. The minimum Gasteiger partial charge on any atom is -0.480 e. The molecule has 2 bridgehead atoms. The molecule has 0 amide bonds. The fourth-order valence-electron chi connectivity index (χ4n) is 4.22. The molecule has 0 spiro atoms. The molecule has 2 aliphatic carbocycles. The number of Topliss-reactive ketones (excluding diaryl/α,β-unsaturated/α-hetero) is 1. The van der Waals surface area contributed by atoms with E-state index in [1.54, 1.807) is 24.3 Å². The maximum Gasteiger partial charge on any atom is 0.325 e. The van der Waals surface area contributed by atoms with E-state index in [1.165, 1.54) is 0 Å². The molecule has 144 valence electrons. The van der Waals surface area contributed by atoms with E-state index in [1.807, 2.05) is 19.9 Å². The molecule has 0 heterocycles. The summed E-state index contributed by atoms with van der Waals surface area (Å²) >= 11 is 0. The summed E-state index contributed by atoms with van der Waals surface area (Å²) in [5.74, 6) is -1.10. The van der Waals surface area contributed by atoms with Crippen molar-refractivity contribution in [1.29, 1.82) is 0 Å². The van der Waals surface area contributed by atoms with Gasteiger partial charge in [-0.15, -0.1) is 0 Å². The molecule has 7 nitrogen and oxygen atoms in total. The third-order valence-electron chi connectivity index (χ3n) is 5.99. The Bertz CT molecular complexity index is 789. The van der Waals surface area contributed by atoms with Crippen molar-refractivity contribution in [2.75, 3.05) is 5.75 Å². The van der Waals surface area contributed by atoms with Crippen molar-refractivity contribution in [1.82, 2.24) is 0 Å². The van der Waals surface area contributed by atoms with Crippen LogP contribution in [0.4, 0.5) is 0 Å². The maximum atomic E-state index is 11.9. The zero-order valence-electron chi connectivity index (χ0n) is 14.9. The Morgan fingerprint density at radius 3 is 2.27 bits per heavy atom. The first-order valence-corrected chi connectivity index (χ1v) is 10.0. The molecular formula is C18H25NO6S. The highest BCUT2D eigenvalue weighted by molar-refractivity contribution is 7.85. The van der Waals surface area contributed by atoms with Crippen LogP contribution in [0, 0.1) is 16.7 Å². The van der Waals surface area contributed by atoms with Crippen LogP contribution in [0.3, 0.4) is 0 Å². The van der Waals surface area contributed by atoms with Gasteiger partial charge >= 0.3 is 5.97 Å². The molecule has 0 aromatic heterocycles. The van der Waals surface area contributed by atoms with Gasteiger partial charge in [0, 0.05) is 6.42 Å². The number of benzene rings is 1. The van der Waals surface area contributed by atoms with Crippen molar-refractivity contribution in [2.45, 2.75) is 39.2 Å². The molecule has 0 aliphatic heterocycles. The number of fused-ring (bicyclic) bond motifs is 2. The van der Waals surface area contributed by atoms with Crippen molar-refractivity contribution in [3.63, 3.8) is 0 Å². The molecule has 3 unspecified atom stereocenters. The summed E-state index contributed by atoms with van der Waals surface area (Å²) in [6, 6.07) is 7.82. The van der Waals surface area contributed by atoms with Crippen LogP contribution in [0.2, 0.25) is 0 Å². The lowest BCUT2D eigenvalue weighted by molar-refractivity contribution is -0.138. The molecular weight excluding hydrogens is 358 g/mol. The molecule has 1 aromatic carbocycles. The lowest BCUT2D eigenvalue weighted by Crippen LogP contribution is -2.42. The van der Waals surface area contributed by atoms with Crippen molar-refractivity contribution in [3.05, 3.63) is 35.9 Å². The number of ketones is 1. The zero-order valence-corrected chi connectivity index (χ0v) is 15.7. The third kappa shape index (κ3) is 3.82. The van der Waals surface area contributed by atoms with E-state index in [2.05, 4.69) is 0 Å². The Balaban J connectivity index is 0.000000197. The Morgan fingerprint density at radius 1 is 1.31 bits per heavy atom. The molecule has 3 atom stereocenters. The van der Waals surface area contributed by atoms with Crippen LogP contribution < -0.4 is 5.73 Å². The molecule has 0 saturated heterocycles. The molecule has 26 heavy (non-hydrogen) atoms. The highest BCUT2D eigenvalue weighted by Gasteiger charge is 2.65. The van der Waals surface area contributed by atoms with Gasteiger partial charge < -0.3 is 10.8 Å². The summed E-state index contributed by atoms with van der Waals surface area (Å²) in [5.41, 5.74) is 4.84. The molecule has 1 aromatic rings. The van der Waals surface area contributed by atoms with E-state index >= 15 is 0 Å². The number of carboxylic acid groups (broad SMARTS) is 1. The van der Waals surface area contributed by atoms with Crippen LogP contribution in [0.15, 0.2) is 30.3 Å². The van der Waals surface area contributed by atoms with E-state index in [-0.39, 0.29) is 17.1 Å². The maximum absolute atomic E-state index is 11.9. The van der Waals surface area contributed by atoms with Gasteiger partial charge in [-0.2, -0.15) is 8.42 Å². The highest BCUT2D eigenvalue weighted by Crippen LogP contribution is 2.64. The number of carbonyl (C=O) groups is 2. The van der Waals surface area contributed by atoms with Crippen LogP contribution in [-0.2, 0) is 19.7 Å². The molecule has 8 heteroatoms. The van der Waals surface area contributed by atoms with Gasteiger partial charge in [-0.05, 0) is 29.7 Å². The smallest absolute Gasteiger partial charge is 0.325 e. The summed E-state index contributed by atoms with van der Waals surface area (Å²) in [7, 11) is -4.08. The first-order chi connectivity index (χ1) is 11.9. The van der Waals surface area contributed by atoms with E-state index < -0.39 is 33.3 Å². The quantitative estimate of drug-likeness (QED) is 0.677. The van der Waals surface area contributed by atoms with Crippen LogP contribution in [0.5, 0.6) is 0 Å². The fraction of sp³-hybridized carbons (Fsp3) is 0.556. The second kappa shape index (κ2) is 7.09. The topological polar surface area (TPSA) is 135 Å². The predicted molar refractivity (Wildman–Crippen MR) is 96.0 cm³/mol. The van der Waals surface area contributed by atoms with Crippen LogP contribution in [0.1, 0.15) is 44.7 Å². The molecule has 3 rings (SSSR count). The largest absolute Gasteiger partial charge is 0.480 e. The normalized spacial score (nSPS) is 27.5.